The van der Waals surface area contributed by atoms with Gasteiger partial charge < -0.3 is 19.5 Å². The standard InChI is InChI=1S/C22H29NO3S/c1-5-6-17-9-12-21(22(13-17)25-3)26-16-19(24)15-23(2)14-18-7-10-20(27-4)11-8-18/h5-13,19,24H,14-16H2,1-4H3/p+1/b6-5+/t19-/m1/s1. The first-order chi connectivity index (χ1) is 13.0. The Morgan fingerprint density at radius 3 is 2.52 bits per heavy atom. The van der Waals surface area contributed by atoms with Crippen LogP contribution in [0.5, 0.6) is 11.5 Å². The van der Waals surface area contributed by atoms with Crippen LogP contribution in [0.15, 0.2) is 53.4 Å². The van der Waals surface area contributed by atoms with Gasteiger partial charge in [-0.15, -0.1) is 11.8 Å². The van der Waals surface area contributed by atoms with Crippen LogP contribution in [-0.4, -0.2) is 44.8 Å². The summed E-state index contributed by atoms with van der Waals surface area (Å²) in [6.45, 7) is 3.70. The number of hydrogen-bond acceptors (Lipinski definition) is 4. The number of aliphatic hydroxyl groups is 1. The van der Waals surface area contributed by atoms with E-state index in [1.54, 1.807) is 18.9 Å². The van der Waals surface area contributed by atoms with Gasteiger partial charge in [-0.05, 0) is 43.0 Å². The van der Waals surface area contributed by atoms with Crippen molar-refractivity contribution in [2.24, 2.45) is 0 Å². The molecule has 0 aliphatic heterocycles. The van der Waals surface area contributed by atoms with E-state index in [4.69, 9.17) is 9.47 Å². The predicted molar refractivity (Wildman–Crippen MR) is 113 cm³/mol. The number of nitrogens with one attached hydrogen (secondary N) is 1. The molecule has 0 heterocycles. The molecule has 0 bridgehead atoms. The lowest BCUT2D eigenvalue weighted by Gasteiger charge is -2.19. The van der Waals surface area contributed by atoms with Gasteiger partial charge in [0.1, 0.15) is 25.8 Å². The van der Waals surface area contributed by atoms with Crippen molar-refractivity contribution in [1.29, 1.82) is 0 Å². The molecule has 0 spiro atoms. The van der Waals surface area contributed by atoms with E-state index in [0.29, 0.717) is 18.0 Å². The Morgan fingerprint density at radius 1 is 1.15 bits per heavy atom. The fourth-order valence-corrected chi connectivity index (χ4v) is 3.32. The molecule has 2 N–H and O–H groups in total. The highest BCUT2D eigenvalue weighted by Gasteiger charge is 2.14. The number of hydrogen-bond donors (Lipinski definition) is 2. The molecule has 5 heteroatoms. The molecule has 2 atom stereocenters. The monoisotopic (exact) mass is 388 g/mol. The molecule has 146 valence electrons. The Kier molecular flexibility index (Phi) is 8.72. The van der Waals surface area contributed by atoms with Crippen LogP contribution >= 0.6 is 11.8 Å². The third kappa shape index (κ3) is 6.94. The minimum absolute atomic E-state index is 0.238. The van der Waals surface area contributed by atoms with Gasteiger partial charge >= 0.3 is 0 Å². The van der Waals surface area contributed by atoms with Crippen LogP contribution in [0.2, 0.25) is 0 Å². The zero-order chi connectivity index (χ0) is 19.6. The first-order valence-electron chi connectivity index (χ1n) is 9.11. The molecule has 0 aromatic heterocycles. The first kappa shape index (κ1) is 21.4. The lowest BCUT2D eigenvalue weighted by Crippen LogP contribution is -3.09. The van der Waals surface area contributed by atoms with Crippen molar-refractivity contribution in [3.05, 3.63) is 59.7 Å². The van der Waals surface area contributed by atoms with Crippen LogP contribution < -0.4 is 14.4 Å². The number of rotatable bonds is 10. The normalized spacial score (nSPS) is 13.5. The van der Waals surface area contributed by atoms with Crippen LogP contribution in [0.25, 0.3) is 6.08 Å². The van der Waals surface area contributed by atoms with Crippen molar-refractivity contribution in [3.8, 4) is 11.5 Å². The summed E-state index contributed by atoms with van der Waals surface area (Å²) in [5.74, 6) is 1.32. The van der Waals surface area contributed by atoms with E-state index in [2.05, 4.69) is 37.6 Å². The van der Waals surface area contributed by atoms with Crippen molar-refractivity contribution in [3.63, 3.8) is 0 Å². The van der Waals surface area contributed by atoms with E-state index in [1.807, 2.05) is 37.3 Å². The molecule has 4 nitrogen and oxygen atoms in total. The van der Waals surface area contributed by atoms with Gasteiger partial charge in [0.25, 0.3) is 0 Å². The predicted octanol–water partition coefficient (Wildman–Crippen LogP) is 2.90. The smallest absolute Gasteiger partial charge is 0.161 e. The highest BCUT2D eigenvalue weighted by atomic mass is 32.2. The van der Waals surface area contributed by atoms with Gasteiger partial charge in [0.15, 0.2) is 11.5 Å². The van der Waals surface area contributed by atoms with E-state index >= 15 is 0 Å². The number of quaternary nitrogens is 1. The average Bonchev–Trinajstić information content (AvgIpc) is 2.67. The van der Waals surface area contributed by atoms with E-state index in [9.17, 15) is 5.11 Å². The molecule has 2 rings (SSSR count). The van der Waals surface area contributed by atoms with Crippen LogP contribution in [0, 0.1) is 0 Å². The molecule has 2 aromatic rings. The second-order valence-electron chi connectivity index (χ2n) is 6.56. The molecule has 0 aliphatic rings. The van der Waals surface area contributed by atoms with Crippen molar-refractivity contribution >= 4 is 17.8 Å². The zero-order valence-electron chi connectivity index (χ0n) is 16.6. The molecule has 2 aromatic carbocycles. The Morgan fingerprint density at radius 2 is 1.89 bits per heavy atom. The molecule has 0 radical (unpaired) electrons. The molecule has 0 saturated carbocycles. The van der Waals surface area contributed by atoms with Crippen molar-refractivity contribution < 1.29 is 19.5 Å². The summed E-state index contributed by atoms with van der Waals surface area (Å²) < 4.78 is 11.2. The van der Waals surface area contributed by atoms with E-state index in [-0.39, 0.29) is 6.61 Å². The van der Waals surface area contributed by atoms with Crippen LogP contribution in [0.1, 0.15) is 18.1 Å². The van der Waals surface area contributed by atoms with Gasteiger partial charge in [-0.2, -0.15) is 0 Å². The molecular weight excluding hydrogens is 358 g/mol. The molecular formula is C22H30NO3S+. The molecule has 27 heavy (non-hydrogen) atoms. The number of ether oxygens (including phenoxy) is 2. The van der Waals surface area contributed by atoms with Gasteiger partial charge in [0, 0.05) is 10.5 Å². The Labute approximate surface area is 166 Å². The minimum Gasteiger partial charge on any atom is -0.493 e. The SMILES string of the molecule is C/C=C/c1ccc(OC[C@H](O)C[NH+](C)Cc2ccc(SC)cc2)c(OC)c1. The largest absolute Gasteiger partial charge is 0.493 e. The Balaban J connectivity index is 1.85. The minimum atomic E-state index is -0.546. The summed E-state index contributed by atoms with van der Waals surface area (Å²) in [6, 6.07) is 14.3. The highest BCUT2D eigenvalue weighted by molar-refractivity contribution is 7.98. The maximum Gasteiger partial charge on any atom is 0.161 e. The summed E-state index contributed by atoms with van der Waals surface area (Å²) in [5.41, 5.74) is 2.32. The number of thioether (sulfide) groups is 1. The van der Waals surface area contributed by atoms with Crippen molar-refractivity contribution in [1.82, 2.24) is 0 Å². The fourth-order valence-electron chi connectivity index (χ4n) is 2.91. The lowest BCUT2D eigenvalue weighted by molar-refractivity contribution is -0.897. The Bertz CT molecular complexity index is 731. The highest BCUT2D eigenvalue weighted by Crippen LogP contribution is 2.28. The van der Waals surface area contributed by atoms with Gasteiger partial charge in [0.2, 0.25) is 0 Å². The zero-order valence-corrected chi connectivity index (χ0v) is 17.4. The summed E-state index contributed by atoms with van der Waals surface area (Å²) in [4.78, 5) is 2.50. The second-order valence-corrected chi connectivity index (χ2v) is 7.44. The quantitative estimate of drug-likeness (QED) is 0.614. The molecule has 0 saturated heterocycles. The first-order valence-corrected chi connectivity index (χ1v) is 10.3. The molecule has 0 amide bonds. The summed E-state index contributed by atoms with van der Waals surface area (Å²) in [6.07, 6.45) is 5.51. The van der Waals surface area contributed by atoms with E-state index < -0.39 is 6.10 Å². The number of likely N-dealkylation sites (N-methyl/N-ethyl adjacent to an activating group) is 1. The van der Waals surface area contributed by atoms with Crippen molar-refractivity contribution in [2.75, 3.05) is 33.6 Å². The van der Waals surface area contributed by atoms with Crippen LogP contribution in [-0.2, 0) is 6.54 Å². The van der Waals surface area contributed by atoms with Crippen LogP contribution in [0.3, 0.4) is 0 Å². The number of aliphatic hydroxyl groups excluding tert-OH is 1. The maximum atomic E-state index is 10.3. The van der Waals surface area contributed by atoms with Crippen molar-refractivity contribution in [2.45, 2.75) is 24.5 Å². The number of benzene rings is 2. The van der Waals surface area contributed by atoms with Gasteiger partial charge in [-0.1, -0.05) is 30.4 Å². The van der Waals surface area contributed by atoms with Gasteiger partial charge in [-0.3, -0.25) is 0 Å². The molecule has 0 aliphatic carbocycles. The second kappa shape index (κ2) is 11.0. The topological polar surface area (TPSA) is 43.1 Å². The maximum absolute atomic E-state index is 10.3. The summed E-state index contributed by atoms with van der Waals surface area (Å²) in [7, 11) is 3.70. The van der Waals surface area contributed by atoms with E-state index in [1.165, 1.54) is 15.4 Å². The summed E-state index contributed by atoms with van der Waals surface area (Å²) >= 11 is 1.74. The van der Waals surface area contributed by atoms with Gasteiger partial charge in [-0.25, -0.2) is 0 Å². The third-order valence-corrected chi connectivity index (χ3v) is 4.97. The van der Waals surface area contributed by atoms with Gasteiger partial charge in [0.05, 0.1) is 14.2 Å². The fraction of sp³-hybridized carbons (Fsp3) is 0.364. The average molecular weight is 389 g/mol. The number of allylic oxidation sites excluding steroid dienone is 1. The summed E-state index contributed by atoms with van der Waals surface area (Å²) in [5, 5.41) is 10.3. The van der Waals surface area contributed by atoms with Crippen LogP contribution in [0.4, 0.5) is 0 Å². The third-order valence-electron chi connectivity index (χ3n) is 4.23. The lowest BCUT2D eigenvalue weighted by atomic mass is 10.2. The molecule has 1 unspecified atom stereocenters. The molecule has 0 fully saturated rings. The van der Waals surface area contributed by atoms with E-state index in [0.717, 1.165) is 12.1 Å². The number of methoxy groups -OCH3 is 1. The Hall–Kier alpha value is -1.95.